The van der Waals surface area contributed by atoms with Gasteiger partial charge in [0.2, 0.25) is 5.91 Å². The molecule has 2 amide bonds. The van der Waals surface area contributed by atoms with Gasteiger partial charge in [0, 0.05) is 36.9 Å². The minimum atomic E-state index is -0.893. The van der Waals surface area contributed by atoms with Gasteiger partial charge in [0.1, 0.15) is 0 Å². The minimum Gasteiger partial charge on any atom is -0.481 e. The van der Waals surface area contributed by atoms with Crippen LogP contribution in [-0.4, -0.2) is 42.6 Å². The van der Waals surface area contributed by atoms with Crippen LogP contribution in [0.1, 0.15) is 36.0 Å². The topological polar surface area (TPSA) is 105 Å². The number of aliphatic carboxylic acids is 1. The van der Waals surface area contributed by atoms with Crippen LogP contribution in [0.25, 0.3) is 0 Å². The van der Waals surface area contributed by atoms with Gasteiger partial charge in [0.05, 0.1) is 5.92 Å². The van der Waals surface area contributed by atoms with Gasteiger partial charge in [0.25, 0.3) is 5.91 Å². The summed E-state index contributed by atoms with van der Waals surface area (Å²) in [6.45, 7) is 1.23. The highest BCUT2D eigenvalue weighted by Crippen LogP contribution is 2.30. The van der Waals surface area contributed by atoms with Gasteiger partial charge in [-0.05, 0) is 55.9 Å². The first-order chi connectivity index (χ1) is 12.5. The zero-order valence-corrected chi connectivity index (χ0v) is 14.6. The van der Waals surface area contributed by atoms with Crippen molar-refractivity contribution in [2.24, 2.45) is 17.8 Å². The van der Waals surface area contributed by atoms with Crippen LogP contribution < -0.4 is 10.6 Å². The lowest BCUT2D eigenvalue weighted by molar-refractivity contribution is -0.144. The molecule has 1 saturated heterocycles. The van der Waals surface area contributed by atoms with Gasteiger partial charge in [-0.15, -0.1) is 0 Å². The van der Waals surface area contributed by atoms with Crippen LogP contribution in [0.15, 0.2) is 24.3 Å². The van der Waals surface area contributed by atoms with Crippen molar-refractivity contribution >= 4 is 23.5 Å². The highest BCUT2D eigenvalue weighted by molar-refractivity contribution is 5.96. The van der Waals surface area contributed by atoms with Crippen molar-refractivity contribution in [2.45, 2.75) is 25.7 Å². The second-order valence-corrected chi connectivity index (χ2v) is 6.95. The van der Waals surface area contributed by atoms with E-state index < -0.39 is 11.9 Å². The Balaban J connectivity index is 1.52. The largest absolute Gasteiger partial charge is 0.481 e. The van der Waals surface area contributed by atoms with Crippen molar-refractivity contribution < 1.29 is 24.2 Å². The summed E-state index contributed by atoms with van der Waals surface area (Å²) in [6.07, 6.45) is 3.26. The van der Waals surface area contributed by atoms with E-state index in [1.165, 1.54) is 0 Å². The second kappa shape index (κ2) is 8.31. The molecule has 7 nitrogen and oxygen atoms in total. The third kappa shape index (κ3) is 4.82. The Morgan fingerprint density at radius 3 is 2.31 bits per heavy atom. The zero-order chi connectivity index (χ0) is 18.5. The molecule has 0 bridgehead atoms. The molecule has 1 unspecified atom stereocenters. The monoisotopic (exact) mass is 360 g/mol. The fourth-order valence-corrected chi connectivity index (χ4v) is 3.17. The molecule has 1 atom stereocenters. The van der Waals surface area contributed by atoms with Gasteiger partial charge in [-0.25, -0.2) is 0 Å². The average Bonchev–Trinajstić information content (AvgIpc) is 3.48. The number of anilines is 1. The molecule has 0 spiro atoms. The van der Waals surface area contributed by atoms with E-state index in [2.05, 4.69) is 10.6 Å². The van der Waals surface area contributed by atoms with Gasteiger partial charge in [0.15, 0.2) is 0 Å². The Hall–Kier alpha value is -2.41. The summed E-state index contributed by atoms with van der Waals surface area (Å²) in [5.74, 6) is -1.67. The summed E-state index contributed by atoms with van der Waals surface area (Å²) in [7, 11) is 0. The van der Waals surface area contributed by atoms with E-state index in [-0.39, 0.29) is 30.2 Å². The van der Waals surface area contributed by atoms with Crippen LogP contribution in [0.4, 0.5) is 5.69 Å². The molecular formula is C19H24N2O5. The molecule has 1 aromatic rings. The molecule has 3 rings (SSSR count). The fourth-order valence-electron chi connectivity index (χ4n) is 3.17. The third-order valence-corrected chi connectivity index (χ3v) is 5.00. The van der Waals surface area contributed by atoms with Crippen LogP contribution in [0, 0.1) is 17.8 Å². The molecule has 1 aromatic carbocycles. The Morgan fingerprint density at radius 2 is 1.73 bits per heavy atom. The number of ether oxygens (including phenoxy) is 1. The van der Waals surface area contributed by atoms with Crippen LogP contribution >= 0.6 is 0 Å². The third-order valence-electron chi connectivity index (χ3n) is 5.00. The van der Waals surface area contributed by atoms with Crippen molar-refractivity contribution in [3.05, 3.63) is 29.8 Å². The predicted octanol–water partition coefficient (Wildman–Crippen LogP) is 1.89. The maximum absolute atomic E-state index is 12.3. The van der Waals surface area contributed by atoms with Gasteiger partial charge in [-0.3, -0.25) is 14.4 Å². The smallest absolute Gasteiger partial charge is 0.308 e. The van der Waals surface area contributed by atoms with Crippen molar-refractivity contribution in [2.75, 3.05) is 25.1 Å². The second-order valence-electron chi connectivity index (χ2n) is 6.95. The van der Waals surface area contributed by atoms with Gasteiger partial charge in [-0.1, -0.05) is 0 Å². The molecule has 2 fully saturated rings. The van der Waals surface area contributed by atoms with Crippen molar-refractivity contribution in [1.29, 1.82) is 0 Å². The molecule has 2 aliphatic rings. The fraction of sp³-hybridized carbons (Fsp3) is 0.526. The van der Waals surface area contributed by atoms with E-state index in [4.69, 9.17) is 4.74 Å². The average molecular weight is 360 g/mol. The summed E-state index contributed by atoms with van der Waals surface area (Å²) >= 11 is 0. The standard InChI is InChI=1S/C19H24N2O5/c22-17(20-11-16(19(24)25)12-7-9-26-10-8-12)13-3-5-15(6-4-13)21-18(23)14-1-2-14/h3-6,12,14,16H,1-2,7-11H2,(H,20,22)(H,21,23)(H,24,25). The van der Waals surface area contributed by atoms with Crippen molar-refractivity contribution in [3.8, 4) is 0 Å². The van der Waals surface area contributed by atoms with E-state index in [1.54, 1.807) is 24.3 Å². The summed E-state index contributed by atoms with van der Waals surface area (Å²) in [5.41, 5.74) is 1.09. The van der Waals surface area contributed by atoms with Gasteiger partial charge >= 0.3 is 5.97 Å². The summed E-state index contributed by atoms with van der Waals surface area (Å²) in [4.78, 5) is 35.5. The quantitative estimate of drug-likeness (QED) is 0.689. The Labute approximate surface area is 152 Å². The number of amides is 2. The molecule has 1 aliphatic carbocycles. The van der Waals surface area contributed by atoms with Crippen molar-refractivity contribution in [1.82, 2.24) is 5.32 Å². The predicted molar refractivity (Wildman–Crippen MR) is 94.8 cm³/mol. The molecule has 1 saturated carbocycles. The number of carboxylic acid groups (broad SMARTS) is 1. The first kappa shape index (κ1) is 18.4. The van der Waals surface area contributed by atoms with Crippen LogP contribution in [0.5, 0.6) is 0 Å². The van der Waals surface area contributed by atoms with E-state index in [1.807, 2.05) is 0 Å². The van der Waals surface area contributed by atoms with E-state index in [9.17, 15) is 19.5 Å². The molecule has 7 heteroatoms. The van der Waals surface area contributed by atoms with Gasteiger partial charge in [-0.2, -0.15) is 0 Å². The van der Waals surface area contributed by atoms with Gasteiger partial charge < -0.3 is 20.5 Å². The maximum atomic E-state index is 12.3. The van der Waals surface area contributed by atoms with Crippen LogP contribution in [-0.2, 0) is 14.3 Å². The summed E-state index contributed by atoms with van der Waals surface area (Å²) < 4.78 is 5.27. The van der Waals surface area contributed by atoms with Crippen LogP contribution in [0.3, 0.4) is 0 Å². The highest BCUT2D eigenvalue weighted by Gasteiger charge is 2.30. The number of carbonyl (C=O) groups is 3. The molecule has 0 aromatic heterocycles. The molecular weight excluding hydrogens is 336 g/mol. The number of hydrogen-bond donors (Lipinski definition) is 3. The number of hydrogen-bond acceptors (Lipinski definition) is 4. The Morgan fingerprint density at radius 1 is 1.08 bits per heavy atom. The number of benzene rings is 1. The first-order valence-electron chi connectivity index (χ1n) is 9.04. The summed E-state index contributed by atoms with van der Waals surface area (Å²) in [5, 5.41) is 15.0. The maximum Gasteiger partial charge on any atom is 0.308 e. The molecule has 26 heavy (non-hydrogen) atoms. The lowest BCUT2D eigenvalue weighted by Crippen LogP contribution is -2.39. The number of rotatable bonds is 7. The summed E-state index contributed by atoms with van der Waals surface area (Å²) in [6, 6.07) is 6.62. The SMILES string of the molecule is O=C(NCC(C(=O)O)C1CCOCC1)c1ccc(NC(=O)C2CC2)cc1. The minimum absolute atomic E-state index is 0.0153. The Kier molecular flexibility index (Phi) is 5.88. The van der Waals surface area contributed by atoms with Crippen molar-refractivity contribution in [3.63, 3.8) is 0 Å². The zero-order valence-electron chi connectivity index (χ0n) is 14.6. The lowest BCUT2D eigenvalue weighted by Gasteiger charge is -2.27. The normalized spacial score (nSPS) is 18.8. The van der Waals surface area contributed by atoms with Crippen LogP contribution in [0.2, 0.25) is 0 Å². The molecule has 1 heterocycles. The van der Waals surface area contributed by atoms with E-state index in [0.29, 0.717) is 37.3 Å². The molecule has 3 N–H and O–H groups in total. The molecule has 140 valence electrons. The first-order valence-corrected chi connectivity index (χ1v) is 9.04. The van der Waals surface area contributed by atoms with E-state index >= 15 is 0 Å². The number of nitrogens with one attached hydrogen (secondary N) is 2. The highest BCUT2D eigenvalue weighted by atomic mass is 16.5. The lowest BCUT2D eigenvalue weighted by atomic mass is 9.86. The molecule has 1 aliphatic heterocycles. The van der Waals surface area contributed by atoms with E-state index in [0.717, 1.165) is 12.8 Å². The number of carbonyl (C=O) groups excluding carboxylic acids is 2. The Bertz CT molecular complexity index is 663. The molecule has 0 radical (unpaired) electrons. The number of carboxylic acids is 1.